The average Bonchev–Trinajstić information content (AvgIpc) is 2.77. The van der Waals surface area contributed by atoms with Crippen molar-refractivity contribution >= 4 is 33.2 Å². The Morgan fingerprint density at radius 3 is 2.83 bits per heavy atom. The zero-order valence-corrected chi connectivity index (χ0v) is 12.0. The summed E-state index contributed by atoms with van der Waals surface area (Å²) < 4.78 is 1.14. The molecule has 96 valence electrons. The van der Waals surface area contributed by atoms with Crippen LogP contribution in [0.4, 0.5) is 0 Å². The van der Waals surface area contributed by atoms with E-state index < -0.39 is 0 Å². The summed E-state index contributed by atoms with van der Waals surface area (Å²) in [6.07, 6.45) is 4.49. The highest BCUT2D eigenvalue weighted by molar-refractivity contribution is 7.18. The van der Waals surface area contributed by atoms with Crippen molar-refractivity contribution in [1.82, 2.24) is 4.98 Å². The SMILES string of the molecule is CC1CCC(N)(c2nc3ccc(Cl)cc3s2)CC1. The van der Waals surface area contributed by atoms with Crippen molar-refractivity contribution in [3.63, 3.8) is 0 Å². The third kappa shape index (κ3) is 2.15. The Morgan fingerprint density at radius 1 is 1.39 bits per heavy atom. The fraction of sp³-hybridized carbons (Fsp3) is 0.500. The summed E-state index contributed by atoms with van der Waals surface area (Å²) in [6.45, 7) is 2.30. The minimum atomic E-state index is -0.220. The standard InChI is InChI=1S/C14H17ClN2S/c1-9-4-6-14(16,7-5-9)13-17-11-3-2-10(15)8-12(11)18-13/h2-3,8-9H,4-7,16H2,1H3. The van der Waals surface area contributed by atoms with Crippen molar-refractivity contribution in [2.24, 2.45) is 11.7 Å². The smallest absolute Gasteiger partial charge is 0.114 e. The number of rotatable bonds is 1. The molecule has 0 unspecified atom stereocenters. The van der Waals surface area contributed by atoms with Gasteiger partial charge in [-0.1, -0.05) is 18.5 Å². The van der Waals surface area contributed by atoms with Crippen LogP contribution in [0.2, 0.25) is 5.02 Å². The molecule has 0 bridgehead atoms. The van der Waals surface area contributed by atoms with Crippen LogP contribution >= 0.6 is 22.9 Å². The maximum absolute atomic E-state index is 6.56. The van der Waals surface area contributed by atoms with Gasteiger partial charge < -0.3 is 5.73 Å². The Balaban J connectivity index is 1.98. The number of nitrogens with two attached hydrogens (primary N) is 1. The Morgan fingerprint density at radius 2 is 2.11 bits per heavy atom. The fourth-order valence-electron chi connectivity index (χ4n) is 2.60. The van der Waals surface area contributed by atoms with E-state index >= 15 is 0 Å². The summed E-state index contributed by atoms with van der Waals surface area (Å²) in [4.78, 5) is 4.71. The van der Waals surface area contributed by atoms with Gasteiger partial charge in [-0.15, -0.1) is 11.3 Å². The fourth-order valence-corrected chi connectivity index (χ4v) is 4.00. The lowest BCUT2D eigenvalue weighted by atomic mass is 9.78. The van der Waals surface area contributed by atoms with Crippen LogP contribution in [0.15, 0.2) is 18.2 Å². The van der Waals surface area contributed by atoms with E-state index in [2.05, 4.69) is 6.92 Å². The Kier molecular flexibility index (Phi) is 3.08. The number of nitrogens with zero attached hydrogens (tertiary/aromatic N) is 1. The van der Waals surface area contributed by atoms with E-state index in [0.717, 1.165) is 39.0 Å². The number of benzene rings is 1. The molecule has 3 rings (SSSR count). The predicted molar refractivity (Wildman–Crippen MR) is 78.1 cm³/mol. The molecule has 1 saturated carbocycles. The van der Waals surface area contributed by atoms with Gasteiger partial charge in [0.15, 0.2) is 0 Å². The van der Waals surface area contributed by atoms with Crippen LogP contribution in [-0.4, -0.2) is 4.98 Å². The molecule has 4 heteroatoms. The molecule has 0 aliphatic heterocycles. The summed E-state index contributed by atoms with van der Waals surface area (Å²) in [5.41, 5.74) is 7.36. The van der Waals surface area contributed by atoms with Crippen LogP contribution < -0.4 is 5.73 Å². The third-order valence-corrected chi connectivity index (χ3v) is 5.42. The lowest BCUT2D eigenvalue weighted by Crippen LogP contribution is -2.40. The maximum atomic E-state index is 6.56. The zero-order valence-electron chi connectivity index (χ0n) is 10.4. The Hall–Kier alpha value is -0.640. The molecule has 2 N–H and O–H groups in total. The molecule has 2 nitrogen and oxygen atoms in total. The number of hydrogen-bond acceptors (Lipinski definition) is 3. The van der Waals surface area contributed by atoms with Gasteiger partial charge in [0.2, 0.25) is 0 Å². The van der Waals surface area contributed by atoms with E-state index in [-0.39, 0.29) is 5.54 Å². The lowest BCUT2D eigenvalue weighted by molar-refractivity contribution is 0.247. The van der Waals surface area contributed by atoms with Crippen LogP contribution in [0.25, 0.3) is 10.2 Å². The van der Waals surface area contributed by atoms with E-state index in [4.69, 9.17) is 22.3 Å². The van der Waals surface area contributed by atoms with E-state index in [1.54, 1.807) is 11.3 Å². The second-order valence-electron chi connectivity index (χ2n) is 5.47. The van der Waals surface area contributed by atoms with Crippen LogP contribution in [0.5, 0.6) is 0 Å². The van der Waals surface area contributed by atoms with E-state index in [0.29, 0.717) is 0 Å². The average molecular weight is 281 g/mol. The molecule has 0 radical (unpaired) electrons. The maximum Gasteiger partial charge on any atom is 0.114 e. The minimum Gasteiger partial charge on any atom is -0.319 e. The highest BCUT2D eigenvalue weighted by atomic mass is 35.5. The summed E-state index contributed by atoms with van der Waals surface area (Å²) >= 11 is 7.71. The molecular formula is C14H17ClN2S. The summed E-state index contributed by atoms with van der Waals surface area (Å²) in [5.74, 6) is 0.797. The van der Waals surface area contributed by atoms with Crippen LogP contribution in [0.3, 0.4) is 0 Å². The molecule has 1 aromatic heterocycles. The van der Waals surface area contributed by atoms with Gasteiger partial charge in [0.25, 0.3) is 0 Å². The molecule has 18 heavy (non-hydrogen) atoms. The largest absolute Gasteiger partial charge is 0.319 e. The lowest BCUT2D eigenvalue weighted by Gasteiger charge is -2.34. The van der Waals surface area contributed by atoms with Gasteiger partial charge in [0.1, 0.15) is 5.01 Å². The first-order valence-corrected chi connectivity index (χ1v) is 7.62. The summed E-state index contributed by atoms with van der Waals surface area (Å²) in [6, 6.07) is 5.85. The molecule has 1 aromatic carbocycles. The molecule has 1 aliphatic rings. The van der Waals surface area contributed by atoms with Gasteiger partial charge in [-0.3, -0.25) is 0 Å². The molecule has 2 aromatic rings. The van der Waals surface area contributed by atoms with Crippen LogP contribution in [0.1, 0.15) is 37.6 Å². The summed E-state index contributed by atoms with van der Waals surface area (Å²) in [7, 11) is 0. The second-order valence-corrected chi connectivity index (χ2v) is 6.94. The molecule has 0 saturated heterocycles. The number of fused-ring (bicyclic) bond motifs is 1. The van der Waals surface area contributed by atoms with Crippen molar-refractivity contribution in [3.05, 3.63) is 28.2 Å². The number of aromatic nitrogens is 1. The highest BCUT2D eigenvalue weighted by Gasteiger charge is 2.34. The third-order valence-electron chi connectivity index (χ3n) is 3.94. The van der Waals surface area contributed by atoms with E-state index in [9.17, 15) is 0 Å². The quantitative estimate of drug-likeness (QED) is 0.845. The first kappa shape index (κ1) is 12.4. The molecule has 1 heterocycles. The predicted octanol–water partition coefficient (Wildman–Crippen LogP) is 4.31. The Labute approximate surface area is 116 Å². The van der Waals surface area contributed by atoms with Gasteiger partial charge >= 0.3 is 0 Å². The van der Waals surface area contributed by atoms with Crippen molar-refractivity contribution in [3.8, 4) is 0 Å². The van der Waals surface area contributed by atoms with Crippen molar-refractivity contribution in [2.75, 3.05) is 0 Å². The van der Waals surface area contributed by atoms with Gasteiger partial charge in [0.05, 0.1) is 15.8 Å². The molecular weight excluding hydrogens is 264 g/mol. The van der Waals surface area contributed by atoms with Crippen molar-refractivity contribution in [1.29, 1.82) is 0 Å². The monoisotopic (exact) mass is 280 g/mol. The topological polar surface area (TPSA) is 38.9 Å². The van der Waals surface area contributed by atoms with Crippen LogP contribution in [-0.2, 0) is 5.54 Å². The highest BCUT2D eigenvalue weighted by Crippen LogP contribution is 2.40. The van der Waals surface area contributed by atoms with Crippen molar-refractivity contribution in [2.45, 2.75) is 38.1 Å². The number of hydrogen-bond donors (Lipinski definition) is 1. The van der Waals surface area contributed by atoms with Gasteiger partial charge in [-0.2, -0.15) is 0 Å². The molecule has 1 fully saturated rings. The second kappa shape index (κ2) is 4.48. The number of halogens is 1. The molecule has 0 amide bonds. The Bertz CT molecular complexity index is 570. The van der Waals surface area contributed by atoms with Gasteiger partial charge in [-0.05, 0) is 49.8 Å². The van der Waals surface area contributed by atoms with Gasteiger partial charge in [-0.25, -0.2) is 4.98 Å². The van der Waals surface area contributed by atoms with E-state index in [1.165, 1.54) is 12.8 Å². The zero-order chi connectivity index (χ0) is 12.8. The van der Waals surface area contributed by atoms with Crippen molar-refractivity contribution < 1.29 is 0 Å². The molecule has 1 aliphatic carbocycles. The molecule has 0 atom stereocenters. The molecule has 0 spiro atoms. The normalized spacial score (nSPS) is 28.7. The van der Waals surface area contributed by atoms with E-state index in [1.807, 2.05) is 18.2 Å². The van der Waals surface area contributed by atoms with Gasteiger partial charge in [0, 0.05) is 5.02 Å². The van der Waals surface area contributed by atoms with Crippen LogP contribution in [0, 0.1) is 5.92 Å². The summed E-state index contributed by atoms with van der Waals surface area (Å²) in [5, 5.41) is 1.84. The first-order valence-electron chi connectivity index (χ1n) is 6.42. The number of thiazole rings is 1. The first-order chi connectivity index (χ1) is 8.57. The minimum absolute atomic E-state index is 0.220.